The van der Waals surface area contributed by atoms with Crippen molar-refractivity contribution in [3.63, 3.8) is 0 Å². The van der Waals surface area contributed by atoms with Crippen LogP contribution in [0.2, 0.25) is 5.02 Å². The predicted octanol–water partition coefficient (Wildman–Crippen LogP) is 3.52. The fourth-order valence-electron chi connectivity index (χ4n) is 1.00. The number of hydrogen-bond donors (Lipinski definition) is 0. The summed E-state index contributed by atoms with van der Waals surface area (Å²) in [5, 5.41) is 0.343. The van der Waals surface area contributed by atoms with Crippen LogP contribution in [0.1, 0.15) is 12.5 Å². The Morgan fingerprint density at radius 2 is 2.31 bits per heavy atom. The van der Waals surface area contributed by atoms with Gasteiger partial charge >= 0.3 is 0 Å². The number of halogens is 2. The van der Waals surface area contributed by atoms with Gasteiger partial charge in [-0.15, -0.1) is 0 Å². The van der Waals surface area contributed by atoms with E-state index >= 15 is 0 Å². The van der Waals surface area contributed by atoms with Crippen LogP contribution in [0.3, 0.4) is 0 Å². The Morgan fingerprint density at radius 3 is 2.85 bits per heavy atom. The van der Waals surface area contributed by atoms with E-state index in [0.717, 1.165) is 0 Å². The minimum absolute atomic E-state index is 0.210. The Kier molecular flexibility index (Phi) is 3.32. The largest absolute Gasteiger partial charge is 0.491 e. The quantitative estimate of drug-likeness (QED) is 0.726. The summed E-state index contributed by atoms with van der Waals surface area (Å²) in [5.74, 6) is -0.244. The summed E-state index contributed by atoms with van der Waals surface area (Å²) < 4.78 is 18.5. The average molecular weight is 201 g/mol. The molecule has 0 N–H and O–H groups in total. The maximum Gasteiger partial charge on any atom is 0.173 e. The van der Waals surface area contributed by atoms with Crippen LogP contribution in [0.5, 0.6) is 5.75 Å². The highest BCUT2D eigenvalue weighted by Gasteiger charge is 2.09. The smallest absolute Gasteiger partial charge is 0.173 e. The summed E-state index contributed by atoms with van der Waals surface area (Å²) in [6, 6.07) is 3.10. The van der Waals surface area contributed by atoms with Gasteiger partial charge in [-0.2, -0.15) is 0 Å². The Balaban J connectivity index is 3.19. The highest BCUT2D eigenvalue weighted by Crippen LogP contribution is 2.27. The summed E-state index contributed by atoms with van der Waals surface area (Å²) >= 11 is 5.73. The molecule has 0 bridgehead atoms. The molecule has 0 unspecified atom stereocenters. The van der Waals surface area contributed by atoms with Crippen molar-refractivity contribution in [1.82, 2.24) is 0 Å². The third-order valence-electron chi connectivity index (χ3n) is 1.60. The van der Waals surface area contributed by atoms with Crippen molar-refractivity contribution in [2.24, 2.45) is 0 Å². The molecule has 0 fully saturated rings. The van der Waals surface area contributed by atoms with E-state index in [0.29, 0.717) is 11.6 Å². The second-order valence-electron chi connectivity index (χ2n) is 2.41. The lowest BCUT2D eigenvalue weighted by atomic mass is 10.2. The van der Waals surface area contributed by atoms with Crippen molar-refractivity contribution in [3.05, 3.63) is 35.1 Å². The second-order valence-corrected chi connectivity index (χ2v) is 2.82. The van der Waals surface area contributed by atoms with Gasteiger partial charge in [0.2, 0.25) is 0 Å². The Labute approximate surface area is 81.8 Å². The zero-order valence-electron chi connectivity index (χ0n) is 7.31. The summed E-state index contributed by atoms with van der Waals surface area (Å²) in [4.78, 5) is 0. The molecule has 0 aromatic heterocycles. The first-order valence-electron chi connectivity index (χ1n) is 3.94. The standard InChI is InChI=1S/C10H10ClFO/c1-3-7-8(11)5-6-9(10(7)12)13-4-2/h3,5-6H,1,4H2,2H3. The molecule has 13 heavy (non-hydrogen) atoms. The molecule has 0 aliphatic heterocycles. The van der Waals surface area contributed by atoms with Crippen LogP contribution in [0.4, 0.5) is 4.39 Å². The SMILES string of the molecule is C=Cc1c(Cl)ccc(OCC)c1F. The minimum atomic E-state index is -0.454. The van der Waals surface area contributed by atoms with Crippen LogP contribution < -0.4 is 4.74 Å². The van der Waals surface area contributed by atoms with Gasteiger partial charge in [0, 0.05) is 5.56 Å². The van der Waals surface area contributed by atoms with Gasteiger partial charge in [0.1, 0.15) is 0 Å². The van der Waals surface area contributed by atoms with Crippen molar-refractivity contribution in [3.8, 4) is 5.75 Å². The zero-order chi connectivity index (χ0) is 9.84. The normalized spacial score (nSPS) is 9.77. The van der Waals surface area contributed by atoms with Gasteiger partial charge in [0.25, 0.3) is 0 Å². The molecule has 3 heteroatoms. The molecule has 70 valence electrons. The number of benzene rings is 1. The lowest BCUT2D eigenvalue weighted by Crippen LogP contribution is -1.96. The molecule has 1 aromatic rings. The van der Waals surface area contributed by atoms with Crippen molar-refractivity contribution >= 4 is 17.7 Å². The monoisotopic (exact) mass is 200 g/mol. The van der Waals surface area contributed by atoms with Crippen LogP contribution >= 0.6 is 11.6 Å². The van der Waals surface area contributed by atoms with Crippen molar-refractivity contribution in [2.75, 3.05) is 6.61 Å². The predicted molar refractivity (Wildman–Crippen MR) is 52.7 cm³/mol. The Morgan fingerprint density at radius 1 is 1.62 bits per heavy atom. The van der Waals surface area contributed by atoms with Gasteiger partial charge in [-0.1, -0.05) is 24.3 Å². The van der Waals surface area contributed by atoms with Crippen LogP contribution in [0.25, 0.3) is 6.08 Å². The highest BCUT2D eigenvalue weighted by molar-refractivity contribution is 6.32. The van der Waals surface area contributed by atoms with Gasteiger partial charge in [-0.25, -0.2) is 4.39 Å². The molecule has 1 rings (SSSR count). The lowest BCUT2D eigenvalue weighted by molar-refractivity contribution is 0.321. The fraction of sp³-hybridized carbons (Fsp3) is 0.200. The topological polar surface area (TPSA) is 9.23 Å². The zero-order valence-corrected chi connectivity index (χ0v) is 8.07. The summed E-state index contributed by atoms with van der Waals surface area (Å²) in [5.41, 5.74) is 0.285. The van der Waals surface area contributed by atoms with E-state index in [4.69, 9.17) is 16.3 Å². The van der Waals surface area contributed by atoms with Crippen LogP contribution in [-0.4, -0.2) is 6.61 Å². The molecule has 0 aliphatic rings. The lowest BCUT2D eigenvalue weighted by Gasteiger charge is -2.07. The second kappa shape index (κ2) is 4.28. The van der Waals surface area contributed by atoms with Gasteiger partial charge in [0.15, 0.2) is 11.6 Å². The third kappa shape index (κ3) is 2.01. The van der Waals surface area contributed by atoms with Crippen LogP contribution in [-0.2, 0) is 0 Å². The molecule has 0 radical (unpaired) electrons. The minimum Gasteiger partial charge on any atom is -0.491 e. The van der Waals surface area contributed by atoms with Crippen LogP contribution in [0, 0.1) is 5.82 Å². The third-order valence-corrected chi connectivity index (χ3v) is 1.92. The maximum absolute atomic E-state index is 13.4. The van der Waals surface area contributed by atoms with E-state index in [1.165, 1.54) is 12.1 Å². The first-order valence-corrected chi connectivity index (χ1v) is 4.31. The molecule has 0 atom stereocenters. The first kappa shape index (κ1) is 10.1. The van der Waals surface area contributed by atoms with E-state index in [2.05, 4.69) is 6.58 Å². The summed E-state index contributed by atoms with van der Waals surface area (Å²) in [6.45, 7) is 5.69. The molecule has 0 aliphatic carbocycles. The summed E-state index contributed by atoms with van der Waals surface area (Å²) in [6.07, 6.45) is 1.38. The van der Waals surface area contributed by atoms with Crippen molar-refractivity contribution in [2.45, 2.75) is 6.92 Å². The average Bonchev–Trinajstić information content (AvgIpc) is 2.11. The molecule has 1 nitrogen and oxygen atoms in total. The molecule has 0 spiro atoms. The van der Waals surface area contributed by atoms with E-state index in [1.807, 2.05) is 0 Å². The molecular weight excluding hydrogens is 191 g/mol. The van der Waals surface area contributed by atoms with Gasteiger partial charge < -0.3 is 4.74 Å². The van der Waals surface area contributed by atoms with E-state index < -0.39 is 5.82 Å². The Hall–Kier alpha value is -1.02. The number of rotatable bonds is 3. The summed E-state index contributed by atoms with van der Waals surface area (Å²) in [7, 11) is 0. The highest BCUT2D eigenvalue weighted by atomic mass is 35.5. The fourth-order valence-corrected chi connectivity index (χ4v) is 1.23. The number of hydrogen-bond acceptors (Lipinski definition) is 1. The van der Waals surface area contributed by atoms with Gasteiger partial charge in [0.05, 0.1) is 11.6 Å². The number of ether oxygens (including phenoxy) is 1. The van der Waals surface area contributed by atoms with Crippen molar-refractivity contribution in [1.29, 1.82) is 0 Å². The van der Waals surface area contributed by atoms with Gasteiger partial charge in [-0.3, -0.25) is 0 Å². The van der Waals surface area contributed by atoms with E-state index in [9.17, 15) is 4.39 Å². The molecule has 0 saturated heterocycles. The van der Waals surface area contributed by atoms with E-state index in [-0.39, 0.29) is 11.3 Å². The van der Waals surface area contributed by atoms with Crippen molar-refractivity contribution < 1.29 is 9.13 Å². The Bertz CT molecular complexity index is 323. The van der Waals surface area contributed by atoms with E-state index in [1.54, 1.807) is 13.0 Å². The van der Waals surface area contributed by atoms with Crippen LogP contribution in [0.15, 0.2) is 18.7 Å². The molecule has 0 heterocycles. The molecule has 1 aromatic carbocycles. The maximum atomic E-state index is 13.4. The first-order chi connectivity index (χ1) is 6.20. The molecule has 0 saturated carbocycles. The van der Waals surface area contributed by atoms with Gasteiger partial charge in [-0.05, 0) is 19.1 Å². The molecule has 0 amide bonds. The molecular formula is C10H10ClFO.